The maximum Gasteiger partial charge on any atom is 0.163 e. The molecule has 1 aromatic carbocycles. The lowest BCUT2D eigenvalue weighted by Gasteiger charge is -2.23. The van der Waals surface area contributed by atoms with Gasteiger partial charge >= 0.3 is 0 Å². The van der Waals surface area contributed by atoms with E-state index in [9.17, 15) is 0 Å². The highest BCUT2D eigenvalue weighted by atomic mass is 35.5. The number of fused-ring (bicyclic) bond motifs is 1. The molecule has 5 nitrogen and oxygen atoms in total. The van der Waals surface area contributed by atoms with Crippen LogP contribution in [0.25, 0.3) is 16.9 Å². The molecule has 0 N–H and O–H groups in total. The lowest BCUT2D eigenvalue weighted by atomic mass is 10.1. The van der Waals surface area contributed by atoms with Crippen molar-refractivity contribution in [3.05, 3.63) is 41.3 Å². The maximum atomic E-state index is 6.57. The Morgan fingerprint density at radius 1 is 1.07 bits per heavy atom. The fourth-order valence-electron chi connectivity index (χ4n) is 3.23. The van der Waals surface area contributed by atoms with Gasteiger partial charge in [-0.25, -0.2) is 9.97 Å². The number of benzene rings is 1. The maximum absolute atomic E-state index is 6.57. The molecule has 0 radical (unpaired) electrons. The van der Waals surface area contributed by atoms with Crippen LogP contribution in [0.15, 0.2) is 30.6 Å². The van der Waals surface area contributed by atoms with Crippen LogP contribution < -0.4 is 9.64 Å². The second kappa shape index (κ2) is 8.61. The summed E-state index contributed by atoms with van der Waals surface area (Å²) in [5.74, 6) is 1.68. The molecule has 0 saturated heterocycles. The Balaban J connectivity index is 2.21. The first kappa shape index (κ1) is 19.5. The lowest BCUT2D eigenvalue weighted by Crippen LogP contribution is -2.26. The van der Waals surface area contributed by atoms with Crippen molar-refractivity contribution < 1.29 is 4.74 Å². The summed E-state index contributed by atoms with van der Waals surface area (Å²) in [5.41, 5.74) is 3.54. The SMILES string of the molecule is CCCN(CCC)c1cn2cc(CC)nc2c(-c2ccc(OC)cc2Cl)n1. The summed E-state index contributed by atoms with van der Waals surface area (Å²) in [6.45, 7) is 8.43. The van der Waals surface area contributed by atoms with Gasteiger partial charge in [-0.2, -0.15) is 0 Å². The molecule has 0 aliphatic carbocycles. The zero-order valence-corrected chi connectivity index (χ0v) is 17.3. The number of ether oxygens (including phenoxy) is 1. The average molecular weight is 387 g/mol. The second-order valence-corrected chi connectivity index (χ2v) is 7.00. The number of hydrogen-bond acceptors (Lipinski definition) is 4. The van der Waals surface area contributed by atoms with E-state index in [1.54, 1.807) is 7.11 Å². The number of halogens is 1. The van der Waals surface area contributed by atoms with Gasteiger partial charge in [-0.1, -0.05) is 32.4 Å². The molecule has 144 valence electrons. The normalized spacial score (nSPS) is 11.1. The van der Waals surface area contributed by atoms with Crippen LogP contribution in [0.4, 0.5) is 5.82 Å². The Kier molecular flexibility index (Phi) is 6.22. The van der Waals surface area contributed by atoms with E-state index >= 15 is 0 Å². The van der Waals surface area contributed by atoms with Crippen molar-refractivity contribution in [2.45, 2.75) is 40.0 Å². The van der Waals surface area contributed by atoms with E-state index in [4.69, 9.17) is 26.3 Å². The molecular formula is C21H27ClN4O. The third-order valence-electron chi connectivity index (χ3n) is 4.58. The molecule has 2 heterocycles. The molecule has 0 fully saturated rings. The van der Waals surface area contributed by atoms with E-state index in [0.29, 0.717) is 5.02 Å². The average Bonchev–Trinajstić information content (AvgIpc) is 3.10. The van der Waals surface area contributed by atoms with Crippen LogP contribution in [0, 0.1) is 0 Å². The third kappa shape index (κ3) is 4.03. The summed E-state index contributed by atoms with van der Waals surface area (Å²) in [7, 11) is 1.64. The van der Waals surface area contributed by atoms with Crippen molar-refractivity contribution >= 4 is 23.1 Å². The number of aromatic nitrogens is 3. The summed E-state index contributed by atoms with van der Waals surface area (Å²) >= 11 is 6.57. The molecule has 0 bridgehead atoms. The van der Waals surface area contributed by atoms with Gasteiger partial charge in [0.05, 0.1) is 24.0 Å². The molecule has 0 spiro atoms. The highest BCUT2D eigenvalue weighted by Gasteiger charge is 2.17. The van der Waals surface area contributed by atoms with Crippen LogP contribution in [0.2, 0.25) is 5.02 Å². The third-order valence-corrected chi connectivity index (χ3v) is 4.89. The van der Waals surface area contributed by atoms with E-state index < -0.39 is 0 Å². The van der Waals surface area contributed by atoms with E-state index in [0.717, 1.165) is 66.5 Å². The molecule has 27 heavy (non-hydrogen) atoms. The van der Waals surface area contributed by atoms with Gasteiger partial charge in [-0.15, -0.1) is 0 Å². The Labute approximate surface area is 166 Å². The Morgan fingerprint density at radius 3 is 2.41 bits per heavy atom. The molecule has 0 amide bonds. The minimum atomic E-state index is 0.611. The molecule has 6 heteroatoms. The summed E-state index contributed by atoms with van der Waals surface area (Å²) in [4.78, 5) is 12.1. The number of hydrogen-bond donors (Lipinski definition) is 0. The van der Waals surface area contributed by atoms with E-state index in [1.165, 1.54) is 0 Å². The van der Waals surface area contributed by atoms with Crippen molar-refractivity contribution in [1.29, 1.82) is 0 Å². The van der Waals surface area contributed by atoms with Gasteiger partial charge in [0.25, 0.3) is 0 Å². The molecule has 3 rings (SSSR count). The molecule has 0 aliphatic rings. The highest BCUT2D eigenvalue weighted by Crippen LogP contribution is 2.33. The van der Waals surface area contributed by atoms with Crippen molar-refractivity contribution in [3.8, 4) is 17.0 Å². The second-order valence-electron chi connectivity index (χ2n) is 6.60. The molecule has 0 unspecified atom stereocenters. The number of aryl methyl sites for hydroxylation is 1. The highest BCUT2D eigenvalue weighted by molar-refractivity contribution is 6.33. The number of imidazole rings is 1. The van der Waals surface area contributed by atoms with E-state index in [-0.39, 0.29) is 0 Å². The van der Waals surface area contributed by atoms with Crippen LogP contribution in [0.5, 0.6) is 5.75 Å². The Hall–Kier alpha value is -2.27. The van der Waals surface area contributed by atoms with Gasteiger partial charge < -0.3 is 14.0 Å². The zero-order valence-electron chi connectivity index (χ0n) is 16.5. The van der Waals surface area contributed by atoms with Gasteiger partial charge in [0.1, 0.15) is 17.3 Å². The number of rotatable bonds is 8. The number of methoxy groups -OCH3 is 1. The lowest BCUT2D eigenvalue weighted by molar-refractivity contribution is 0.415. The summed E-state index contributed by atoms with van der Waals surface area (Å²) in [6.07, 6.45) is 7.18. The topological polar surface area (TPSA) is 42.7 Å². The van der Waals surface area contributed by atoms with Crippen molar-refractivity contribution in [1.82, 2.24) is 14.4 Å². The van der Waals surface area contributed by atoms with E-state index in [1.807, 2.05) is 18.2 Å². The number of nitrogens with zero attached hydrogens (tertiary/aromatic N) is 4. The van der Waals surface area contributed by atoms with Crippen molar-refractivity contribution in [2.75, 3.05) is 25.1 Å². The molecule has 0 saturated carbocycles. The van der Waals surface area contributed by atoms with Crippen LogP contribution in [0.3, 0.4) is 0 Å². The Morgan fingerprint density at radius 2 is 1.81 bits per heavy atom. The van der Waals surface area contributed by atoms with Gasteiger partial charge in [-0.05, 0) is 37.5 Å². The first-order valence-corrected chi connectivity index (χ1v) is 9.96. The first-order chi connectivity index (χ1) is 13.1. The van der Waals surface area contributed by atoms with Crippen LogP contribution in [-0.4, -0.2) is 34.6 Å². The zero-order chi connectivity index (χ0) is 19.4. The van der Waals surface area contributed by atoms with Gasteiger partial charge in [-0.3, -0.25) is 0 Å². The van der Waals surface area contributed by atoms with Crippen molar-refractivity contribution in [2.24, 2.45) is 0 Å². The largest absolute Gasteiger partial charge is 0.497 e. The number of anilines is 1. The van der Waals surface area contributed by atoms with Crippen LogP contribution >= 0.6 is 11.6 Å². The summed E-state index contributed by atoms with van der Waals surface area (Å²) < 4.78 is 7.37. The monoisotopic (exact) mass is 386 g/mol. The Bertz CT molecular complexity index is 916. The van der Waals surface area contributed by atoms with Gasteiger partial charge in [0, 0.05) is 24.8 Å². The first-order valence-electron chi connectivity index (χ1n) is 9.58. The van der Waals surface area contributed by atoms with Crippen molar-refractivity contribution in [3.63, 3.8) is 0 Å². The molecule has 3 aromatic rings. The van der Waals surface area contributed by atoms with E-state index in [2.05, 4.69) is 42.5 Å². The molecular weight excluding hydrogens is 360 g/mol. The van der Waals surface area contributed by atoms with Crippen LogP contribution in [0.1, 0.15) is 39.3 Å². The molecule has 2 aromatic heterocycles. The molecule has 0 aliphatic heterocycles. The predicted molar refractivity (Wildman–Crippen MR) is 112 cm³/mol. The fraction of sp³-hybridized carbons (Fsp3) is 0.429. The predicted octanol–water partition coefficient (Wildman–Crippen LogP) is 5.25. The molecule has 0 atom stereocenters. The minimum Gasteiger partial charge on any atom is -0.497 e. The van der Waals surface area contributed by atoms with Gasteiger partial charge in [0.15, 0.2) is 5.65 Å². The summed E-state index contributed by atoms with van der Waals surface area (Å²) in [5, 5.41) is 0.611. The quantitative estimate of drug-likeness (QED) is 0.530. The van der Waals surface area contributed by atoms with Crippen LogP contribution in [-0.2, 0) is 6.42 Å². The van der Waals surface area contributed by atoms with Gasteiger partial charge in [0.2, 0.25) is 0 Å². The standard InChI is InChI=1S/C21H27ClN4O/c1-5-10-25(11-6-2)19-14-26-13-15(7-3)23-21(26)20(24-19)17-9-8-16(27-4)12-18(17)22/h8-9,12-14H,5-7,10-11H2,1-4H3. The smallest absolute Gasteiger partial charge is 0.163 e. The summed E-state index contributed by atoms with van der Waals surface area (Å²) in [6, 6.07) is 5.68. The minimum absolute atomic E-state index is 0.611. The fourth-order valence-corrected chi connectivity index (χ4v) is 3.49.